The summed E-state index contributed by atoms with van der Waals surface area (Å²) in [7, 11) is 0. The molecule has 0 aliphatic heterocycles. The number of halogens is 1. The van der Waals surface area contributed by atoms with Gasteiger partial charge in [0.1, 0.15) is 0 Å². The molecule has 1 aliphatic rings. The quantitative estimate of drug-likeness (QED) is 0.782. The predicted octanol–water partition coefficient (Wildman–Crippen LogP) is 2.71. The van der Waals surface area contributed by atoms with Gasteiger partial charge in [-0.2, -0.15) is 0 Å². The summed E-state index contributed by atoms with van der Waals surface area (Å²) in [6.07, 6.45) is 2.99. The summed E-state index contributed by atoms with van der Waals surface area (Å²) in [6.45, 7) is 0. The van der Waals surface area contributed by atoms with Crippen LogP contribution in [0.25, 0.3) is 0 Å². The first kappa shape index (κ1) is 8.54. The maximum absolute atomic E-state index is 9.36. The fraction of sp³-hybridized carbons (Fsp3) is 0.556. The van der Waals surface area contributed by atoms with Crippen LogP contribution in [0.2, 0.25) is 5.02 Å². The predicted molar refractivity (Wildman–Crippen MR) is 51.8 cm³/mol. The number of hydrogen-bond acceptors (Lipinski definition) is 2. The van der Waals surface area contributed by atoms with Crippen molar-refractivity contribution in [2.24, 2.45) is 5.92 Å². The Labute approximate surface area is 81.0 Å². The van der Waals surface area contributed by atoms with E-state index in [9.17, 15) is 5.11 Å². The minimum atomic E-state index is -0.0804. The smallest absolute Gasteiger partial charge is 0.0572 e. The normalized spacial score (nSPS) is 28.5. The molecule has 2 atom stereocenters. The zero-order valence-corrected chi connectivity index (χ0v) is 8.24. The van der Waals surface area contributed by atoms with Crippen LogP contribution in [0.15, 0.2) is 11.4 Å². The molecule has 0 spiro atoms. The van der Waals surface area contributed by atoms with Crippen molar-refractivity contribution in [3.05, 3.63) is 21.3 Å². The van der Waals surface area contributed by atoms with Crippen LogP contribution in [-0.2, 0) is 6.42 Å². The Kier molecular flexibility index (Phi) is 2.40. The van der Waals surface area contributed by atoms with Crippen LogP contribution >= 0.6 is 22.9 Å². The molecule has 1 aromatic rings. The lowest BCUT2D eigenvalue weighted by Crippen LogP contribution is -2.32. The van der Waals surface area contributed by atoms with Crippen LogP contribution in [0.4, 0.5) is 0 Å². The number of aliphatic hydroxyl groups excluding tert-OH is 1. The molecule has 0 radical (unpaired) electrons. The molecular formula is C9H11ClOS. The summed E-state index contributed by atoms with van der Waals surface area (Å²) < 4.78 is 0. The van der Waals surface area contributed by atoms with Crippen molar-refractivity contribution in [1.29, 1.82) is 0 Å². The molecule has 1 aromatic heterocycles. The van der Waals surface area contributed by atoms with E-state index in [0.717, 1.165) is 24.3 Å². The molecule has 1 fully saturated rings. The Morgan fingerprint density at radius 2 is 2.42 bits per heavy atom. The summed E-state index contributed by atoms with van der Waals surface area (Å²) >= 11 is 7.63. The molecule has 1 N–H and O–H groups in total. The highest BCUT2D eigenvalue weighted by atomic mass is 35.5. The van der Waals surface area contributed by atoms with E-state index in [0.29, 0.717) is 5.92 Å². The van der Waals surface area contributed by atoms with E-state index in [1.807, 2.05) is 11.4 Å². The lowest BCUT2D eigenvalue weighted by molar-refractivity contribution is 0.0248. The highest BCUT2D eigenvalue weighted by molar-refractivity contribution is 7.10. The van der Waals surface area contributed by atoms with Crippen molar-refractivity contribution >= 4 is 22.9 Å². The largest absolute Gasteiger partial charge is 0.393 e. The van der Waals surface area contributed by atoms with E-state index in [-0.39, 0.29) is 6.10 Å². The van der Waals surface area contributed by atoms with Crippen LogP contribution < -0.4 is 0 Å². The van der Waals surface area contributed by atoms with Gasteiger partial charge in [0.15, 0.2) is 0 Å². The molecule has 0 amide bonds. The van der Waals surface area contributed by atoms with E-state index in [1.165, 1.54) is 4.88 Å². The van der Waals surface area contributed by atoms with Gasteiger partial charge in [-0.1, -0.05) is 11.6 Å². The summed E-state index contributed by atoms with van der Waals surface area (Å²) in [6, 6.07) is 1.92. The second-order valence-corrected chi connectivity index (χ2v) is 4.71. The topological polar surface area (TPSA) is 20.2 Å². The van der Waals surface area contributed by atoms with E-state index in [1.54, 1.807) is 11.3 Å². The second kappa shape index (κ2) is 3.36. The molecular weight excluding hydrogens is 192 g/mol. The van der Waals surface area contributed by atoms with Crippen LogP contribution in [0, 0.1) is 5.92 Å². The Morgan fingerprint density at radius 3 is 2.83 bits per heavy atom. The van der Waals surface area contributed by atoms with Gasteiger partial charge >= 0.3 is 0 Å². The molecule has 66 valence electrons. The van der Waals surface area contributed by atoms with Gasteiger partial charge in [-0.15, -0.1) is 11.3 Å². The third-order valence-corrected chi connectivity index (χ3v) is 3.93. The van der Waals surface area contributed by atoms with Crippen molar-refractivity contribution in [3.63, 3.8) is 0 Å². The maximum atomic E-state index is 9.36. The third-order valence-electron chi connectivity index (χ3n) is 2.52. The Hall–Kier alpha value is -0.0500. The lowest BCUT2D eigenvalue weighted by atomic mass is 9.79. The first-order chi connectivity index (χ1) is 5.77. The van der Waals surface area contributed by atoms with Gasteiger partial charge in [0, 0.05) is 4.88 Å². The highest BCUT2D eigenvalue weighted by Gasteiger charge is 2.29. The third kappa shape index (κ3) is 1.51. The molecule has 0 bridgehead atoms. The zero-order valence-electron chi connectivity index (χ0n) is 6.66. The molecule has 1 heterocycles. The second-order valence-electron chi connectivity index (χ2n) is 3.30. The lowest BCUT2D eigenvalue weighted by Gasteiger charge is -2.32. The van der Waals surface area contributed by atoms with Gasteiger partial charge in [-0.25, -0.2) is 0 Å². The Bertz CT molecular complexity index is 271. The number of thiophene rings is 1. The number of aliphatic hydroxyl groups is 1. The van der Waals surface area contributed by atoms with Crippen LogP contribution in [0.1, 0.15) is 17.7 Å². The highest BCUT2D eigenvalue weighted by Crippen LogP contribution is 2.34. The molecule has 1 aliphatic carbocycles. The minimum Gasteiger partial charge on any atom is -0.393 e. The average molecular weight is 203 g/mol. The van der Waals surface area contributed by atoms with Crippen LogP contribution in [0.3, 0.4) is 0 Å². The van der Waals surface area contributed by atoms with E-state index in [2.05, 4.69) is 0 Å². The fourth-order valence-corrected chi connectivity index (χ4v) is 2.71. The summed E-state index contributed by atoms with van der Waals surface area (Å²) in [5.41, 5.74) is 0. The van der Waals surface area contributed by atoms with Crippen molar-refractivity contribution in [2.45, 2.75) is 25.4 Å². The van der Waals surface area contributed by atoms with Crippen LogP contribution in [0.5, 0.6) is 0 Å². The molecule has 0 saturated heterocycles. The molecule has 3 heteroatoms. The SMILES string of the molecule is OC1CCC1Cc1sccc1Cl. The maximum Gasteiger partial charge on any atom is 0.0572 e. The van der Waals surface area contributed by atoms with Gasteiger partial charge < -0.3 is 5.11 Å². The van der Waals surface area contributed by atoms with Gasteiger partial charge in [-0.3, -0.25) is 0 Å². The summed E-state index contributed by atoms with van der Waals surface area (Å²) in [4.78, 5) is 1.22. The van der Waals surface area contributed by atoms with Gasteiger partial charge in [0.2, 0.25) is 0 Å². The summed E-state index contributed by atoms with van der Waals surface area (Å²) in [5.74, 6) is 0.459. The number of rotatable bonds is 2. The Balaban J connectivity index is 1.99. The molecule has 12 heavy (non-hydrogen) atoms. The molecule has 2 rings (SSSR count). The van der Waals surface area contributed by atoms with Crippen molar-refractivity contribution < 1.29 is 5.11 Å². The monoisotopic (exact) mass is 202 g/mol. The summed E-state index contributed by atoms with van der Waals surface area (Å²) in [5, 5.41) is 12.2. The molecule has 1 nitrogen and oxygen atoms in total. The standard InChI is InChI=1S/C9H11ClOS/c10-7-3-4-12-9(7)5-6-1-2-8(6)11/h3-4,6,8,11H,1-2,5H2. The first-order valence-corrected chi connectivity index (χ1v) is 5.43. The molecule has 1 saturated carbocycles. The molecule has 2 unspecified atom stereocenters. The zero-order chi connectivity index (χ0) is 8.55. The van der Waals surface area contributed by atoms with Crippen molar-refractivity contribution in [2.75, 3.05) is 0 Å². The van der Waals surface area contributed by atoms with Crippen molar-refractivity contribution in [1.82, 2.24) is 0 Å². The minimum absolute atomic E-state index is 0.0804. The Morgan fingerprint density at radius 1 is 1.58 bits per heavy atom. The average Bonchev–Trinajstić information content (AvgIpc) is 2.44. The van der Waals surface area contributed by atoms with E-state index < -0.39 is 0 Å². The fourth-order valence-electron chi connectivity index (χ4n) is 1.50. The van der Waals surface area contributed by atoms with E-state index in [4.69, 9.17) is 11.6 Å². The van der Waals surface area contributed by atoms with Crippen LogP contribution in [-0.4, -0.2) is 11.2 Å². The molecule has 0 aromatic carbocycles. The van der Waals surface area contributed by atoms with Gasteiger partial charge in [0.05, 0.1) is 11.1 Å². The first-order valence-electron chi connectivity index (χ1n) is 4.17. The van der Waals surface area contributed by atoms with Gasteiger partial charge in [0.25, 0.3) is 0 Å². The van der Waals surface area contributed by atoms with E-state index >= 15 is 0 Å². The van der Waals surface area contributed by atoms with Crippen molar-refractivity contribution in [3.8, 4) is 0 Å². The van der Waals surface area contributed by atoms with Gasteiger partial charge in [-0.05, 0) is 36.6 Å². The number of hydrogen-bond donors (Lipinski definition) is 1.